The Kier molecular flexibility index (Phi) is 6.71. The van der Waals surface area contributed by atoms with Gasteiger partial charge in [-0.2, -0.15) is 5.10 Å². The highest BCUT2D eigenvalue weighted by Crippen LogP contribution is 2.29. The van der Waals surface area contributed by atoms with Gasteiger partial charge in [0.1, 0.15) is 12.0 Å². The van der Waals surface area contributed by atoms with Gasteiger partial charge in [-0.1, -0.05) is 42.5 Å². The molecule has 1 aromatic heterocycles. The Labute approximate surface area is 187 Å². The number of phenols is 1. The van der Waals surface area contributed by atoms with Gasteiger partial charge in [-0.25, -0.2) is 13.1 Å². The second-order valence-electron chi connectivity index (χ2n) is 8.08. The molecule has 0 radical (unpaired) electrons. The Morgan fingerprint density at radius 1 is 1.16 bits per heavy atom. The molecule has 0 fully saturated rings. The molecule has 2 atom stereocenters. The number of carbonyl (C=O) groups is 1. The highest BCUT2D eigenvalue weighted by molar-refractivity contribution is 7.92. The van der Waals surface area contributed by atoms with Gasteiger partial charge >= 0.3 is 0 Å². The first-order valence-electron chi connectivity index (χ1n) is 10.1. The molecule has 170 valence electrons. The monoisotopic (exact) mass is 457 g/mol. The molecule has 0 aliphatic heterocycles. The van der Waals surface area contributed by atoms with Gasteiger partial charge in [0.2, 0.25) is 0 Å². The van der Waals surface area contributed by atoms with E-state index in [1.165, 1.54) is 23.7 Å². The Morgan fingerprint density at radius 2 is 1.78 bits per heavy atom. The van der Waals surface area contributed by atoms with E-state index in [0.29, 0.717) is 5.69 Å². The van der Waals surface area contributed by atoms with Crippen LogP contribution in [0.5, 0.6) is 5.75 Å². The van der Waals surface area contributed by atoms with Crippen molar-refractivity contribution in [1.82, 2.24) is 15.1 Å². The summed E-state index contributed by atoms with van der Waals surface area (Å²) in [4.78, 5) is 12.5. The number of amides is 1. The normalized spacial score (nSPS) is 14.5. The van der Waals surface area contributed by atoms with Crippen molar-refractivity contribution in [2.45, 2.75) is 31.2 Å². The number of nitrogens with zero attached hydrogens (tertiary/aromatic N) is 2. The molecule has 3 rings (SSSR count). The Morgan fingerprint density at radius 3 is 2.41 bits per heavy atom. The summed E-state index contributed by atoms with van der Waals surface area (Å²) in [6.45, 7) is 3.03. The zero-order chi connectivity index (χ0) is 23.5. The smallest absolute Gasteiger partial charge is 0.255 e. The maximum atomic E-state index is 12.6. The zero-order valence-corrected chi connectivity index (χ0v) is 19.0. The topological polar surface area (TPSA) is 122 Å². The number of aromatic hydroxyl groups is 1. The lowest BCUT2D eigenvalue weighted by molar-refractivity contribution is 0.0686. The maximum absolute atomic E-state index is 12.6. The van der Waals surface area contributed by atoms with Gasteiger partial charge in [0.15, 0.2) is 9.84 Å². The van der Waals surface area contributed by atoms with Crippen molar-refractivity contribution >= 4 is 15.7 Å². The Bertz CT molecular complexity index is 1210. The number of hydrogen-bond donors (Lipinski definition) is 3. The van der Waals surface area contributed by atoms with E-state index in [4.69, 9.17) is 0 Å². The van der Waals surface area contributed by atoms with Crippen molar-refractivity contribution in [1.29, 1.82) is 0 Å². The standard InChI is InChI=1S/C23H27N3O5S/c1-16-19(17-9-5-4-6-10-17)14-26(25-16)21(28)13-23(2,32(3,30)31)15-24-22(29)18-11-7-8-12-20(18)27/h4-12,14,21,27-28H,13,15H2,1-3H3,(H,24,29). The minimum atomic E-state index is -3.69. The molecule has 0 aliphatic rings. The molecule has 0 saturated carbocycles. The van der Waals surface area contributed by atoms with E-state index < -0.39 is 26.7 Å². The molecule has 0 spiro atoms. The summed E-state index contributed by atoms with van der Waals surface area (Å²) in [5.41, 5.74) is 2.51. The average molecular weight is 458 g/mol. The van der Waals surface area contributed by atoms with Crippen LogP contribution >= 0.6 is 0 Å². The molecule has 3 N–H and O–H groups in total. The average Bonchev–Trinajstić information content (AvgIpc) is 3.14. The second-order valence-corrected chi connectivity index (χ2v) is 10.6. The molecule has 8 nitrogen and oxygen atoms in total. The third-order valence-corrected chi connectivity index (χ3v) is 7.69. The molecule has 3 aromatic rings. The van der Waals surface area contributed by atoms with Crippen LogP contribution < -0.4 is 5.32 Å². The van der Waals surface area contributed by atoms with E-state index in [1.807, 2.05) is 37.3 Å². The number of benzene rings is 2. The fourth-order valence-electron chi connectivity index (χ4n) is 3.40. The number of rotatable bonds is 8. The zero-order valence-electron chi connectivity index (χ0n) is 18.2. The minimum Gasteiger partial charge on any atom is -0.507 e. The second kappa shape index (κ2) is 9.13. The van der Waals surface area contributed by atoms with E-state index in [9.17, 15) is 23.4 Å². The largest absolute Gasteiger partial charge is 0.507 e. The van der Waals surface area contributed by atoms with Gasteiger partial charge in [0.25, 0.3) is 5.91 Å². The third-order valence-electron chi connectivity index (χ3n) is 5.59. The predicted molar refractivity (Wildman–Crippen MR) is 122 cm³/mol. The molecule has 9 heteroatoms. The lowest BCUT2D eigenvalue weighted by Gasteiger charge is -2.30. The number of carbonyl (C=O) groups excluding carboxylic acids is 1. The van der Waals surface area contributed by atoms with Crippen LogP contribution in [0.3, 0.4) is 0 Å². The number of hydrogen-bond acceptors (Lipinski definition) is 6. The first kappa shape index (κ1) is 23.5. The molecule has 1 amide bonds. The fraction of sp³-hybridized carbons (Fsp3) is 0.304. The number of sulfone groups is 1. The summed E-state index contributed by atoms with van der Waals surface area (Å²) in [6.07, 6.45) is 1.32. The van der Waals surface area contributed by atoms with Crippen LogP contribution in [0.15, 0.2) is 60.8 Å². The van der Waals surface area contributed by atoms with Crippen LogP contribution in [0.25, 0.3) is 11.1 Å². The van der Waals surface area contributed by atoms with Crippen LogP contribution in [-0.4, -0.2) is 51.9 Å². The third kappa shape index (κ3) is 5.00. The van der Waals surface area contributed by atoms with Crippen molar-refractivity contribution in [2.24, 2.45) is 0 Å². The Balaban J connectivity index is 1.80. The number of aromatic nitrogens is 2. The van der Waals surface area contributed by atoms with Crippen molar-refractivity contribution in [3.63, 3.8) is 0 Å². The van der Waals surface area contributed by atoms with E-state index >= 15 is 0 Å². The van der Waals surface area contributed by atoms with Gasteiger partial charge in [-0.15, -0.1) is 0 Å². The highest BCUT2D eigenvalue weighted by atomic mass is 32.2. The lowest BCUT2D eigenvalue weighted by Crippen LogP contribution is -2.47. The predicted octanol–water partition coefficient (Wildman–Crippen LogP) is 2.68. The summed E-state index contributed by atoms with van der Waals surface area (Å²) in [5, 5.41) is 27.6. The number of para-hydroxylation sites is 1. The summed E-state index contributed by atoms with van der Waals surface area (Å²) in [6, 6.07) is 15.5. The van der Waals surface area contributed by atoms with Gasteiger partial charge < -0.3 is 15.5 Å². The van der Waals surface area contributed by atoms with E-state index in [0.717, 1.165) is 17.4 Å². The Hall–Kier alpha value is -3.17. The van der Waals surface area contributed by atoms with E-state index in [-0.39, 0.29) is 24.3 Å². The molecule has 1 heterocycles. The molecule has 0 bridgehead atoms. The molecule has 0 aliphatic carbocycles. The lowest BCUT2D eigenvalue weighted by atomic mass is 10.1. The summed E-state index contributed by atoms with van der Waals surface area (Å²) in [5.74, 6) is -0.805. The van der Waals surface area contributed by atoms with Crippen LogP contribution in [0.4, 0.5) is 0 Å². The molecular weight excluding hydrogens is 430 g/mol. The van der Waals surface area contributed by atoms with E-state index in [1.54, 1.807) is 18.3 Å². The van der Waals surface area contributed by atoms with Crippen LogP contribution in [-0.2, 0) is 9.84 Å². The minimum absolute atomic E-state index is 0.0408. The summed E-state index contributed by atoms with van der Waals surface area (Å²) in [7, 11) is -3.69. The first-order chi connectivity index (χ1) is 15.0. The van der Waals surface area contributed by atoms with Crippen LogP contribution in [0.1, 0.15) is 35.6 Å². The SMILES string of the molecule is Cc1nn(C(O)CC(C)(CNC(=O)c2ccccc2O)S(C)(=O)=O)cc1-c1ccccc1. The molecular formula is C23H27N3O5S. The van der Waals surface area contributed by atoms with Crippen molar-refractivity contribution in [3.05, 3.63) is 72.1 Å². The van der Waals surface area contributed by atoms with Gasteiger partial charge in [0, 0.05) is 31.0 Å². The number of phenolic OH excluding ortho intramolecular Hbond substituents is 1. The van der Waals surface area contributed by atoms with Crippen LogP contribution in [0.2, 0.25) is 0 Å². The number of aliphatic hydroxyl groups is 1. The van der Waals surface area contributed by atoms with Crippen LogP contribution in [0, 0.1) is 6.92 Å². The van der Waals surface area contributed by atoms with Crippen molar-refractivity contribution in [2.75, 3.05) is 12.8 Å². The van der Waals surface area contributed by atoms with Gasteiger partial charge in [0.05, 0.1) is 16.0 Å². The van der Waals surface area contributed by atoms with Crippen molar-refractivity contribution < 1.29 is 23.4 Å². The van der Waals surface area contributed by atoms with Crippen molar-refractivity contribution in [3.8, 4) is 16.9 Å². The molecule has 2 aromatic carbocycles. The van der Waals surface area contributed by atoms with Gasteiger partial charge in [-0.3, -0.25) is 4.79 Å². The molecule has 32 heavy (non-hydrogen) atoms. The fourth-order valence-corrected chi connectivity index (χ4v) is 4.18. The molecule has 2 unspecified atom stereocenters. The maximum Gasteiger partial charge on any atom is 0.255 e. The van der Waals surface area contributed by atoms with E-state index in [2.05, 4.69) is 10.4 Å². The summed E-state index contributed by atoms with van der Waals surface area (Å²) < 4.78 is 25.0. The quantitative estimate of drug-likeness (QED) is 0.478. The van der Waals surface area contributed by atoms with Gasteiger partial charge in [-0.05, 0) is 31.5 Å². The number of aryl methyl sites for hydroxylation is 1. The molecule has 0 saturated heterocycles. The number of aliphatic hydroxyl groups excluding tert-OH is 1. The number of nitrogens with one attached hydrogen (secondary N) is 1. The first-order valence-corrected chi connectivity index (χ1v) is 12.0. The summed E-state index contributed by atoms with van der Waals surface area (Å²) >= 11 is 0. The highest BCUT2D eigenvalue weighted by Gasteiger charge is 2.39.